The molecule has 0 bridgehead atoms. The van der Waals surface area contributed by atoms with Crippen LogP contribution in [-0.2, 0) is 17.6 Å². The molecule has 0 fully saturated rings. The number of amides is 1. The van der Waals surface area contributed by atoms with Crippen molar-refractivity contribution in [1.29, 1.82) is 0 Å². The Labute approximate surface area is 196 Å². The van der Waals surface area contributed by atoms with Crippen LogP contribution in [0.4, 0.5) is 5.13 Å². The molecule has 0 aliphatic carbocycles. The van der Waals surface area contributed by atoms with Crippen molar-refractivity contribution >= 4 is 45.0 Å². The highest BCUT2D eigenvalue weighted by atomic mass is 35.5. The molecule has 1 aromatic heterocycles. The first-order valence-corrected chi connectivity index (χ1v) is 11.8. The van der Waals surface area contributed by atoms with Crippen molar-refractivity contribution in [2.75, 3.05) is 31.1 Å². The second kappa shape index (κ2) is 11.6. The number of fused-ring (bicyclic) bond motifs is 1. The largest absolute Gasteiger partial charge is 0.302 e. The second-order valence-corrected chi connectivity index (χ2v) is 8.80. The summed E-state index contributed by atoms with van der Waals surface area (Å²) in [7, 11) is 0. The van der Waals surface area contributed by atoms with Crippen LogP contribution in [-0.4, -0.2) is 42.0 Å². The van der Waals surface area contributed by atoms with Crippen LogP contribution >= 0.6 is 23.7 Å². The van der Waals surface area contributed by atoms with Gasteiger partial charge >= 0.3 is 0 Å². The highest BCUT2D eigenvalue weighted by molar-refractivity contribution is 7.22. The van der Waals surface area contributed by atoms with Gasteiger partial charge in [-0.05, 0) is 56.1 Å². The number of anilines is 1. The number of hydrogen-bond donors (Lipinski definition) is 0. The topological polar surface area (TPSA) is 36.4 Å². The first-order chi connectivity index (χ1) is 14.5. The van der Waals surface area contributed by atoms with Crippen molar-refractivity contribution in [3.8, 4) is 0 Å². The van der Waals surface area contributed by atoms with E-state index in [2.05, 4.69) is 75.9 Å². The number of aryl methyl sites for hydroxylation is 3. The molecule has 0 atom stereocenters. The summed E-state index contributed by atoms with van der Waals surface area (Å²) in [5, 5.41) is 0.813. The van der Waals surface area contributed by atoms with E-state index in [9.17, 15) is 4.79 Å². The Kier molecular flexibility index (Phi) is 9.48. The van der Waals surface area contributed by atoms with Gasteiger partial charge in [0.2, 0.25) is 5.91 Å². The molecule has 3 aromatic rings. The molecule has 0 spiro atoms. The lowest BCUT2D eigenvalue weighted by molar-refractivity contribution is -0.118. The average molecular weight is 460 g/mol. The maximum Gasteiger partial charge on any atom is 0.233 e. The number of nitrogens with zero attached hydrogens (tertiary/aromatic N) is 3. The zero-order valence-corrected chi connectivity index (χ0v) is 20.9. The molecule has 1 amide bonds. The summed E-state index contributed by atoms with van der Waals surface area (Å²) in [5.74, 6) is 0.118. The summed E-state index contributed by atoms with van der Waals surface area (Å²) < 4.78 is 1.15. The molecular weight excluding hydrogens is 426 g/mol. The Morgan fingerprint density at radius 2 is 1.74 bits per heavy atom. The lowest BCUT2D eigenvalue weighted by Crippen LogP contribution is -2.39. The standard InChI is InChI=1S/C25H33N3OS.ClH/c1-6-20-10-9-11-22-24(20)26-25(30-22)28(15-14-27(7-2)8-3)23(29)17-21-16-18(4)12-13-19(21)5;/h9-13,16H,6-8,14-15,17H2,1-5H3;1H. The van der Waals surface area contributed by atoms with E-state index in [-0.39, 0.29) is 18.3 Å². The molecule has 0 saturated carbocycles. The lowest BCUT2D eigenvalue weighted by Gasteiger charge is -2.25. The monoisotopic (exact) mass is 459 g/mol. The molecule has 0 saturated heterocycles. The molecule has 0 aliphatic rings. The number of para-hydroxylation sites is 1. The molecule has 6 heteroatoms. The van der Waals surface area contributed by atoms with Crippen molar-refractivity contribution in [2.45, 2.75) is 47.5 Å². The van der Waals surface area contributed by atoms with Gasteiger partial charge in [-0.1, -0.05) is 68.0 Å². The molecule has 3 rings (SSSR count). The summed E-state index contributed by atoms with van der Waals surface area (Å²) in [6.45, 7) is 14.1. The highest BCUT2D eigenvalue weighted by Crippen LogP contribution is 2.31. The van der Waals surface area contributed by atoms with Crippen LogP contribution < -0.4 is 4.90 Å². The van der Waals surface area contributed by atoms with Gasteiger partial charge in [-0.2, -0.15) is 0 Å². The minimum Gasteiger partial charge on any atom is -0.302 e. The second-order valence-electron chi connectivity index (χ2n) is 7.79. The summed E-state index contributed by atoms with van der Waals surface area (Å²) in [5.41, 5.74) is 5.72. The van der Waals surface area contributed by atoms with Crippen molar-refractivity contribution in [1.82, 2.24) is 9.88 Å². The first-order valence-electron chi connectivity index (χ1n) is 10.9. The van der Waals surface area contributed by atoms with Gasteiger partial charge < -0.3 is 4.90 Å². The molecule has 0 N–H and O–H groups in total. The van der Waals surface area contributed by atoms with Gasteiger partial charge in [-0.15, -0.1) is 12.4 Å². The minimum absolute atomic E-state index is 0. The van der Waals surface area contributed by atoms with E-state index in [0.717, 1.165) is 52.5 Å². The third kappa shape index (κ3) is 6.06. The van der Waals surface area contributed by atoms with Crippen molar-refractivity contribution in [2.24, 2.45) is 0 Å². The number of halogens is 1. The Bertz CT molecular complexity index is 1010. The Hall–Kier alpha value is -1.95. The van der Waals surface area contributed by atoms with Gasteiger partial charge in [0, 0.05) is 13.1 Å². The van der Waals surface area contributed by atoms with Crippen molar-refractivity contribution in [3.05, 3.63) is 58.7 Å². The zero-order valence-electron chi connectivity index (χ0n) is 19.3. The Morgan fingerprint density at radius 1 is 1.00 bits per heavy atom. The SMILES string of the molecule is CCc1cccc2sc(N(CCN(CC)CC)C(=O)Cc3cc(C)ccc3C)nc12.Cl. The summed E-state index contributed by atoms with van der Waals surface area (Å²) in [6.07, 6.45) is 1.35. The van der Waals surface area contributed by atoms with E-state index < -0.39 is 0 Å². The fraction of sp³-hybridized carbons (Fsp3) is 0.440. The Balaban J connectivity index is 0.00000341. The van der Waals surface area contributed by atoms with E-state index in [4.69, 9.17) is 4.98 Å². The number of aromatic nitrogens is 1. The number of thiazole rings is 1. The van der Waals surface area contributed by atoms with Gasteiger partial charge in [-0.3, -0.25) is 9.69 Å². The normalized spacial score (nSPS) is 11.0. The minimum atomic E-state index is 0. The van der Waals surface area contributed by atoms with Crippen LogP contribution in [0, 0.1) is 13.8 Å². The van der Waals surface area contributed by atoms with E-state index in [1.807, 2.05) is 4.90 Å². The van der Waals surface area contributed by atoms with Crippen LogP contribution in [0.3, 0.4) is 0 Å². The fourth-order valence-corrected chi connectivity index (χ4v) is 4.81. The fourth-order valence-electron chi connectivity index (χ4n) is 3.75. The lowest BCUT2D eigenvalue weighted by atomic mass is 10.0. The first kappa shape index (κ1) is 25.3. The van der Waals surface area contributed by atoms with Gasteiger partial charge in [0.25, 0.3) is 0 Å². The quantitative estimate of drug-likeness (QED) is 0.404. The van der Waals surface area contributed by atoms with E-state index >= 15 is 0 Å². The van der Waals surface area contributed by atoms with Gasteiger partial charge in [-0.25, -0.2) is 4.98 Å². The average Bonchev–Trinajstić information content (AvgIpc) is 3.17. The number of carbonyl (C=O) groups excluding carboxylic acids is 1. The smallest absolute Gasteiger partial charge is 0.233 e. The van der Waals surface area contributed by atoms with Gasteiger partial charge in [0.1, 0.15) is 0 Å². The highest BCUT2D eigenvalue weighted by Gasteiger charge is 2.22. The maximum absolute atomic E-state index is 13.5. The van der Waals surface area contributed by atoms with Crippen molar-refractivity contribution in [3.63, 3.8) is 0 Å². The van der Waals surface area contributed by atoms with E-state index in [1.165, 1.54) is 11.1 Å². The number of rotatable bonds is 9. The maximum atomic E-state index is 13.5. The van der Waals surface area contributed by atoms with Crippen molar-refractivity contribution < 1.29 is 4.79 Å². The number of likely N-dealkylation sites (N-methyl/N-ethyl adjacent to an activating group) is 1. The number of carbonyl (C=O) groups is 1. The van der Waals surface area contributed by atoms with Crippen LogP contribution in [0.25, 0.3) is 10.2 Å². The zero-order chi connectivity index (χ0) is 21.7. The molecule has 2 aromatic carbocycles. The molecule has 0 radical (unpaired) electrons. The molecule has 0 aliphatic heterocycles. The molecular formula is C25H34ClN3OS. The van der Waals surface area contributed by atoms with Crippen LogP contribution in [0.2, 0.25) is 0 Å². The summed E-state index contributed by atoms with van der Waals surface area (Å²) >= 11 is 1.62. The third-order valence-electron chi connectivity index (χ3n) is 5.78. The number of hydrogen-bond acceptors (Lipinski definition) is 4. The molecule has 0 unspecified atom stereocenters. The van der Waals surface area contributed by atoms with Crippen LogP contribution in [0.1, 0.15) is 43.0 Å². The van der Waals surface area contributed by atoms with Crippen LogP contribution in [0.15, 0.2) is 36.4 Å². The molecule has 168 valence electrons. The van der Waals surface area contributed by atoms with Crippen LogP contribution in [0.5, 0.6) is 0 Å². The Morgan fingerprint density at radius 3 is 2.42 bits per heavy atom. The molecule has 1 heterocycles. The summed E-state index contributed by atoms with van der Waals surface area (Å²) in [6, 6.07) is 12.6. The third-order valence-corrected chi connectivity index (χ3v) is 6.83. The summed E-state index contributed by atoms with van der Waals surface area (Å²) in [4.78, 5) is 22.6. The van der Waals surface area contributed by atoms with Gasteiger partial charge in [0.05, 0.1) is 16.6 Å². The van der Waals surface area contributed by atoms with Gasteiger partial charge in [0.15, 0.2) is 5.13 Å². The molecule has 4 nitrogen and oxygen atoms in total. The van der Waals surface area contributed by atoms with E-state index in [1.54, 1.807) is 11.3 Å². The number of benzene rings is 2. The predicted octanol–water partition coefficient (Wildman–Crippen LogP) is 5.81. The molecule has 31 heavy (non-hydrogen) atoms. The predicted molar refractivity (Wildman–Crippen MR) is 136 cm³/mol. The van der Waals surface area contributed by atoms with E-state index in [0.29, 0.717) is 13.0 Å².